The zero-order valence-electron chi connectivity index (χ0n) is 19.0. The molecule has 1 unspecified atom stereocenters. The van der Waals surface area contributed by atoms with E-state index in [-0.39, 0.29) is 0 Å². The standard InChI is InChI=1S/C20H40N2.C2H6.C2H2/c1-6-19(3,4)13-9-7-8-10-16-21-17-22-20(5)14-11-18(2)12-15-20;2*1-2/h11,21-22H,6-10,12-17H2,1-5H3;1-2H3;1-2H. The van der Waals surface area contributed by atoms with Crippen LogP contribution in [0.5, 0.6) is 0 Å². The van der Waals surface area contributed by atoms with Crippen molar-refractivity contribution < 1.29 is 0 Å². The van der Waals surface area contributed by atoms with Gasteiger partial charge >= 0.3 is 0 Å². The summed E-state index contributed by atoms with van der Waals surface area (Å²) < 4.78 is 0. The summed E-state index contributed by atoms with van der Waals surface area (Å²) in [6.45, 7) is 17.8. The van der Waals surface area contributed by atoms with Crippen molar-refractivity contribution in [2.24, 2.45) is 5.41 Å². The maximum atomic E-state index is 4.00. The van der Waals surface area contributed by atoms with Gasteiger partial charge in [0, 0.05) is 12.2 Å². The first-order valence-electron chi connectivity index (χ1n) is 10.8. The molecule has 2 nitrogen and oxygen atoms in total. The number of terminal acetylenes is 1. The fourth-order valence-electron chi connectivity index (χ4n) is 2.99. The third-order valence-corrected chi connectivity index (χ3v) is 5.53. The number of nitrogens with one attached hydrogen (secondary N) is 2. The topological polar surface area (TPSA) is 24.1 Å². The van der Waals surface area contributed by atoms with Crippen molar-refractivity contribution in [1.29, 1.82) is 0 Å². The summed E-state index contributed by atoms with van der Waals surface area (Å²) in [7, 11) is 0. The van der Waals surface area contributed by atoms with E-state index in [0.29, 0.717) is 11.0 Å². The largest absolute Gasteiger partial charge is 0.304 e. The Morgan fingerprint density at radius 3 is 2.27 bits per heavy atom. The van der Waals surface area contributed by atoms with Crippen molar-refractivity contribution in [2.45, 2.75) is 112 Å². The number of allylic oxidation sites excluding steroid dienone is 1. The minimum absolute atomic E-state index is 0.304. The van der Waals surface area contributed by atoms with Gasteiger partial charge in [-0.2, -0.15) is 0 Å². The number of hydrogen-bond donors (Lipinski definition) is 2. The van der Waals surface area contributed by atoms with Gasteiger partial charge in [0.1, 0.15) is 0 Å². The molecule has 0 amide bonds. The van der Waals surface area contributed by atoms with Crippen LogP contribution < -0.4 is 10.6 Å². The summed E-state index contributed by atoms with van der Waals surface area (Å²) in [4.78, 5) is 0. The Morgan fingerprint density at radius 2 is 1.73 bits per heavy atom. The van der Waals surface area contributed by atoms with Crippen LogP contribution in [0.4, 0.5) is 0 Å². The Morgan fingerprint density at radius 1 is 1.12 bits per heavy atom. The van der Waals surface area contributed by atoms with Crippen LogP contribution in [-0.2, 0) is 0 Å². The minimum atomic E-state index is 0.304. The molecule has 1 aliphatic rings. The van der Waals surface area contributed by atoms with E-state index in [0.717, 1.165) is 13.2 Å². The molecular formula is C24H48N2. The molecule has 1 rings (SSSR count). The lowest BCUT2D eigenvalue weighted by molar-refractivity contribution is 0.304. The van der Waals surface area contributed by atoms with Crippen molar-refractivity contribution in [1.82, 2.24) is 10.6 Å². The molecule has 0 aromatic carbocycles. The number of hydrogen-bond acceptors (Lipinski definition) is 2. The molecule has 2 N–H and O–H groups in total. The van der Waals surface area contributed by atoms with E-state index in [2.05, 4.69) is 64.2 Å². The highest BCUT2D eigenvalue weighted by Gasteiger charge is 2.24. The van der Waals surface area contributed by atoms with E-state index in [1.807, 2.05) is 13.8 Å². The molecule has 1 atom stereocenters. The summed E-state index contributed by atoms with van der Waals surface area (Å²) >= 11 is 0. The first-order valence-corrected chi connectivity index (χ1v) is 10.8. The van der Waals surface area contributed by atoms with Gasteiger partial charge in [0.15, 0.2) is 0 Å². The molecule has 0 aromatic rings. The van der Waals surface area contributed by atoms with Crippen molar-refractivity contribution in [3.63, 3.8) is 0 Å². The molecule has 0 aliphatic heterocycles. The molecule has 0 saturated heterocycles. The minimum Gasteiger partial charge on any atom is -0.304 e. The molecule has 0 bridgehead atoms. The van der Waals surface area contributed by atoms with E-state index in [9.17, 15) is 0 Å². The van der Waals surface area contributed by atoms with E-state index in [1.165, 1.54) is 57.8 Å². The zero-order chi connectivity index (χ0) is 20.5. The first kappa shape index (κ1) is 27.4. The lowest BCUT2D eigenvalue weighted by Crippen LogP contribution is -2.47. The number of unbranched alkanes of at least 4 members (excludes halogenated alkanes) is 3. The van der Waals surface area contributed by atoms with Crippen molar-refractivity contribution in [2.75, 3.05) is 13.2 Å². The molecular weight excluding hydrogens is 316 g/mol. The van der Waals surface area contributed by atoms with E-state index < -0.39 is 0 Å². The molecule has 0 saturated carbocycles. The molecule has 26 heavy (non-hydrogen) atoms. The van der Waals surface area contributed by atoms with Gasteiger partial charge in [-0.25, -0.2) is 0 Å². The molecule has 1 aliphatic carbocycles. The highest BCUT2D eigenvalue weighted by Crippen LogP contribution is 2.27. The quantitative estimate of drug-likeness (QED) is 0.185. The second-order valence-corrected chi connectivity index (χ2v) is 8.35. The second-order valence-electron chi connectivity index (χ2n) is 8.35. The van der Waals surface area contributed by atoms with Gasteiger partial charge in [0.05, 0.1) is 0 Å². The first-order chi connectivity index (χ1) is 12.4. The average Bonchev–Trinajstić information content (AvgIpc) is 2.66. The molecule has 0 fully saturated rings. The second kappa shape index (κ2) is 16.4. The SMILES string of the molecule is C#C.CC.CCC(C)(C)CCCCCCNCNC1(C)CC=C(C)CC1. The Balaban J connectivity index is 0. The van der Waals surface area contributed by atoms with Gasteiger partial charge in [-0.3, -0.25) is 5.32 Å². The van der Waals surface area contributed by atoms with Crippen LogP contribution in [0, 0.1) is 18.3 Å². The monoisotopic (exact) mass is 364 g/mol. The average molecular weight is 365 g/mol. The smallest absolute Gasteiger partial charge is 0.0458 e. The summed E-state index contributed by atoms with van der Waals surface area (Å²) in [5.41, 5.74) is 2.40. The Kier molecular flexibility index (Phi) is 17.3. The van der Waals surface area contributed by atoms with Crippen LogP contribution in [0.2, 0.25) is 0 Å². The lowest BCUT2D eigenvalue weighted by Gasteiger charge is -2.33. The summed E-state index contributed by atoms with van der Waals surface area (Å²) in [6, 6.07) is 0. The van der Waals surface area contributed by atoms with E-state index in [4.69, 9.17) is 0 Å². The number of rotatable bonds is 11. The molecule has 154 valence electrons. The van der Waals surface area contributed by atoms with Gasteiger partial charge in [-0.05, 0) is 57.9 Å². The normalized spacial score (nSPS) is 19.5. The van der Waals surface area contributed by atoms with Gasteiger partial charge in [-0.1, -0.05) is 72.0 Å². The molecule has 0 spiro atoms. The molecule has 0 radical (unpaired) electrons. The maximum absolute atomic E-state index is 4.00. The van der Waals surface area contributed by atoms with Gasteiger partial charge in [-0.15, -0.1) is 12.8 Å². The van der Waals surface area contributed by atoms with E-state index in [1.54, 1.807) is 5.57 Å². The highest BCUT2D eigenvalue weighted by atomic mass is 15.1. The predicted octanol–water partition coefficient (Wildman–Crippen LogP) is 6.67. The van der Waals surface area contributed by atoms with Crippen molar-refractivity contribution >= 4 is 0 Å². The fraction of sp³-hybridized carbons (Fsp3) is 0.833. The van der Waals surface area contributed by atoms with Crippen LogP contribution in [0.15, 0.2) is 11.6 Å². The Hall–Kier alpha value is -0.780. The Bertz CT molecular complexity index is 368. The van der Waals surface area contributed by atoms with Crippen LogP contribution >= 0.6 is 0 Å². The third kappa shape index (κ3) is 14.4. The molecule has 2 heteroatoms. The van der Waals surface area contributed by atoms with Crippen LogP contribution in [0.3, 0.4) is 0 Å². The summed E-state index contributed by atoms with van der Waals surface area (Å²) in [5, 5.41) is 7.25. The van der Waals surface area contributed by atoms with Crippen LogP contribution in [0.1, 0.15) is 106 Å². The van der Waals surface area contributed by atoms with Crippen molar-refractivity contribution in [3.05, 3.63) is 11.6 Å². The summed E-state index contributed by atoms with van der Waals surface area (Å²) in [6.07, 6.45) is 22.2. The predicted molar refractivity (Wildman–Crippen MR) is 120 cm³/mol. The summed E-state index contributed by atoms with van der Waals surface area (Å²) in [5.74, 6) is 0. The zero-order valence-corrected chi connectivity index (χ0v) is 19.0. The van der Waals surface area contributed by atoms with Gasteiger partial charge in [0.25, 0.3) is 0 Å². The van der Waals surface area contributed by atoms with Gasteiger partial charge in [0.2, 0.25) is 0 Å². The highest BCUT2D eigenvalue weighted by molar-refractivity contribution is 5.09. The van der Waals surface area contributed by atoms with Gasteiger partial charge < -0.3 is 5.32 Å². The maximum Gasteiger partial charge on any atom is 0.0458 e. The van der Waals surface area contributed by atoms with Crippen molar-refractivity contribution in [3.8, 4) is 12.8 Å². The van der Waals surface area contributed by atoms with Crippen LogP contribution in [0.25, 0.3) is 0 Å². The lowest BCUT2D eigenvalue weighted by atomic mass is 9.84. The van der Waals surface area contributed by atoms with Crippen LogP contribution in [-0.4, -0.2) is 18.8 Å². The molecule has 0 heterocycles. The Labute approximate surface area is 166 Å². The molecule has 0 aromatic heterocycles. The van der Waals surface area contributed by atoms with E-state index >= 15 is 0 Å². The fourth-order valence-corrected chi connectivity index (χ4v) is 2.99. The third-order valence-electron chi connectivity index (χ3n) is 5.53.